The van der Waals surface area contributed by atoms with E-state index in [9.17, 15) is 0 Å². The first-order valence-electron chi connectivity index (χ1n) is 3.20. The normalized spacial score (nSPS) is 10.5. The lowest BCUT2D eigenvalue weighted by molar-refractivity contribution is -0.640. The van der Waals surface area contributed by atoms with E-state index >= 15 is 0 Å². The molecule has 0 spiro atoms. The number of fused-ring (bicyclic) bond motifs is 1. The fourth-order valence-electron chi connectivity index (χ4n) is 1.04. The Morgan fingerprint density at radius 2 is 2.10 bits per heavy atom. The summed E-state index contributed by atoms with van der Waals surface area (Å²) in [6, 6.07) is 8.40. The molecule has 0 unspecified atom stereocenters. The van der Waals surface area contributed by atoms with E-state index < -0.39 is 0 Å². The topological polar surface area (TPSA) is 3.88 Å². The maximum absolute atomic E-state index is 2.14. The predicted molar refractivity (Wildman–Crippen MR) is 43.0 cm³/mol. The molecule has 50 valence electrons. The summed E-state index contributed by atoms with van der Waals surface area (Å²) >= 11 is 1.78. The highest BCUT2D eigenvalue weighted by molar-refractivity contribution is 7.16. The molecule has 10 heavy (non-hydrogen) atoms. The van der Waals surface area contributed by atoms with Crippen molar-refractivity contribution in [2.45, 2.75) is 0 Å². The zero-order chi connectivity index (χ0) is 6.97. The summed E-state index contributed by atoms with van der Waals surface area (Å²) in [5, 5.41) is 0. The number of nitrogens with zero attached hydrogens (tertiary/aromatic N) is 1. The van der Waals surface area contributed by atoms with Gasteiger partial charge in [0.1, 0.15) is 11.7 Å². The minimum Gasteiger partial charge on any atom is -0.191 e. The number of para-hydroxylation sites is 1. The van der Waals surface area contributed by atoms with Crippen molar-refractivity contribution in [2.75, 3.05) is 0 Å². The second kappa shape index (κ2) is 2.06. The summed E-state index contributed by atoms with van der Waals surface area (Å²) in [6.45, 7) is 0. The number of thiazole rings is 1. The first-order chi connectivity index (χ1) is 4.88. The first kappa shape index (κ1) is 5.86. The fraction of sp³-hybridized carbons (Fsp3) is 0.125. The van der Waals surface area contributed by atoms with E-state index in [1.807, 2.05) is 0 Å². The second-order valence-corrected chi connectivity index (χ2v) is 3.19. The minimum absolute atomic E-state index is 1.31. The molecule has 1 aromatic carbocycles. The minimum atomic E-state index is 1.31. The Morgan fingerprint density at radius 3 is 2.90 bits per heavy atom. The van der Waals surface area contributed by atoms with E-state index in [4.69, 9.17) is 0 Å². The quantitative estimate of drug-likeness (QED) is 0.503. The van der Waals surface area contributed by atoms with Crippen LogP contribution in [0.5, 0.6) is 0 Å². The highest BCUT2D eigenvalue weighted by atomic mass is 32.1. The SMILES string of the molecule is C[n+]1csc2ccccc21. The molecule has 0 aliphatic heterocycles. The average molecular weight is 150 g/mol. The Morgan fingerprint density at radius 1 is 1.30 bits per heavy atom. The molecule has 2 rings (SSSR count). The van der Waals surface area contributed by atoms with Gasteiger partial charge in [0.2, 0.25) is 11.0 Å². The Balaban J connectivity index is 2.93. The molecule has 0 aliphatic carbocycles. The Hall–Kier alpha value is -0.890. The van der Waals surface area contributed by atoms with Gasteiger partial charge < -0.3 is 0 Å². The zero-order valence-corrected chi connectivity index (χ0v) is 6.56. The molecular formula is C8H8NS+. The molecule has 1 aromatic heterocycles. The molecular weight excluding hydrogens is 142 g/mol. The Labute approximate surface area is 63.5 Å². The summed E-state index contributed by atoms with van der Waals surface area (Å²) in [6.07, 6.45) is 0. The molecule has 1 nitrogen and oxygen atoms in total. The van der Waals surface area contributed by atoms with Crippen molar-refractivity contribution < 1.29 is 4.57 Å². The van der Waals surface area contributed by atoms with Crippen LogP contribution in [0, 0.1) is 0 Å². The Bertz CT molecular complexity index is 351. The monoisotopic (exact) mass is 150 g/mol. The summed E-state index contributed by atoms with van der Waals surface area (Å²) in [5.41, 5.74) is 3.43. The van der Waals surface area contributed by atoms with Gasteiger partial charge in [0.15, 0.2) is 0 Å². The maximum atomic E-state index is 2.14. The van der Waals surface area contributed by atoms with Crippen LogP contribution in [0.4, 0.5) is 0 Å². The highest BCUT2D eigenvalue weighted by Gasteiger charge is 2.03. The lowest BCUT2D eigenvalue weighted by atomic mass is 10.3. The van der Waals surface area contributed by atoms with E-state index in [1.54, 1.807) is 11.3 Å². The van der Waals surface area contributed by atoms with Gasteiger partial charge in [-0.15, -0.1) is 0 Å². The van der Waals surface area contributed by atoms with Crippen LogP contribution in [-0.4, -0.2) is 0 Å². The molecule has 0 fully saturated rings. The fourth-order valence-corrected chi connectivity index (χ4v) is 1.92. The van der Waals surface area contributed by atoms with Crippen molar-refractivity contribution in [3.8, 4) is 0 Å². The smallest absolute Gasteiger partial charge is 0.191 e. The highest BCUT2D eigenvalue weighted by Crippen LogP contribution is 2.13. The van der Waals surface area contributed by atoms with Crippen LogP contribution in [0.25, 0.3) is 10.2 Å². The van der Waals surface area contributed by atoms with E-state index in [-0.39, 0.29) is 0 Å². The molecule has 0 saturated heterocycles. The van der Waals surface area contributed by atoms with E-state index in [1.165, 1.54) is 10.2 Å². The van der Waals surface area contributed by atoms with Gasteiger partial charge in [-0.25, -0.2) is 0 Å². The molecule has 1 heterocycles. The molecule has 0 saturated carbocycles. The summed E-state index contributed by atoms with van der Waals surface area (Å²) in [4.78, 5) is 0. The third-order valence-corrected chi connectivity index (χ3v) is 2.60. The standard InChI is InChI=1S/C8H8NS/c1-9-6-10-8-5-3-2-4-7(8)9/h2-6H,1H3/q+1. The van der Waals surface area contributed by atoms with Crippen molar-refractivity contribution >= 4 is 21.6 Å². The van der Waals surface area contributed by atoms with Crippen LogP contribution >= 0.6 is 11.3 Å². The Kier molecular flexibility index (Phi) is 1.21. The summed E-state index contributed by atoms with van der Waals surface area (Å²) < 4.78 is 3.49. The van der Waals surface area contributed by atoms with Gasteiger partial charge in [0.25, 0.3) is 0 Å². The van der Waals surface area contributed by atoms with Crippen LogP contribution in [-0.2, 0) is 7.05 Å². The van der Waals surface area contributed by atoms with Crippen molar-refractivity contribution in [2.24, 2.45) is 7.05 Å². The largest absolute Gasteiger partial charge is 0.225 e. The number of hydrogen-bond acceptors (Lipinski definition) is 1. The van der Waals surface area contributed by atoms with Crippen LogP contribution in [0.2, 0.25) is 0 Å². The van der Waals surface area contributed by atoms with Crippen molar-refractivity contribution in [1.82, 2.24) is 0 Å². The maximum Gasteiger partial charge on any atom is 0.225 e. The molecule has 0 atom stereocenters. The van der Waals surface area contributed by atoms with Crippen LogP contribution in [0.3, 0.4) is 0 Å². The van der Waals surface area contributed by atoms with Gasteiger partial charge >= 0.3 is 0 Å². The van der Waals surface area contributed by atoms with Gasteiger partial charge in [-0.3, -0.25) is 0 Å². The van der Waals surface area contributed by atoms with E-state index in [0.29, 0.717) is 0 Å². The molecule has 0 radical (unpaired) electrons. The lowest BCUT2D eigenvalue weighted by Crippen LogP contribution is -2.24. The molecule has 0 N–H and O–H groups in total. The predicted octanol–water partition coefficient (Wildman–Crippen LogP) is 1.73. The number of hydrogen-bond donors (Lipinski definition) is 0. The molecule has 0 aliphatic rings. The van der Waals surface area contributed by atoms with Gasteiger partial charge in [0.05, 0.1) is 0 Å². The van der Waals surface area contributed by atoms with Crippen molar-refractivity contribution in [3.63, 3.8) is 0 Å². The van der Waals surface area contributed by atoms with Gasteiger partial charge in [0, 0.05) is 6.07 Å². The molecule has 0 amide bonds. The van der Waals surface area contributed by atoms with Gasteiger partial charge in [-0.05, 0) is 6.07 Å². The lowest BCUT2D eigenvalue weighted by Gasteiger charge is -1.80. The van der Waals surface area contributed by atoms with Crippen LogP contribution < -0.4 is 4.57 Å². The third-order valence-electron chi connectivity index (χ3n) is 1.58. The average Bonchev–Trinajstić information content (AvgIpc) is 2.34. The molecule has 0 bridgehead atoms. The zero-order valence-electron chi connectivity index (χ0n) is 5.74. The number of benzene rings is 1. The van der Waals surface area contributed by atoms with Gasteiger partial charge in [-0.1, -0.05) is 23.5 Å². The van der Waals surface area contributed by atoms with Gasteiger partial charge in [-0.2, -0.15) is 4.57 Å². The number of aryl methyl sites for hydroxylation is 1. The summed E-state index contributed by atoms with van der Waals surface area (Å²) in [5.74, 6) is 0. The first-order valence-corrected chi connectivity index (χ1v) is 4.08. The van der Waals surface area contributed by atoms with Crippen LogP contribution in [0.15, 0.2) is 29.8 Å². The number of aromatic nitrogens is 1. The van der Waals surface area contributed by atoms with E-state index in [0.717, 1.165) is 0 Å². The molecule has 2 heteroatoms. The van der Waals surface area contributed by atoms with E-state index in [2.05, 4.69) is 41.4 Å². The third kappa shape index (κ3) is 0.727. The van der Waals surface area contributed by atoms with Crippen molar-refractivity contribution in [3.05, 3.63) is 29.8 Å². The summed E-state index contributed by atoms with van der Waals surface area (Å²) in [7, 11) is 2.07. The van der Waals surface area contributed by atoms with Crippen LogP contribution in [0.1, 0.15) is 0 Å². The number of rotatable bonds is 0. The molecule has 2 aromatic rings. The second-order valence-electron chi connectivity index (χ2n) is 2.30. The van der Waals surface area contributed by atoms with Crippen molar-refractivity contribution in [1.29, 1.82) is 0 Å².